The molecule has 0 saturated carbocycles. The van der Waals surface area contributed by atoms with E-state index in [4.69, 9.17) is 9.47 Å². The molecule has 0 aromatic heterocycles. The molecule has 0 radical (unpaired) electrons. The molecule has 12 heavy (non-hydrogen) atoms. The van der Waals surface area contributed by atoms with Crippen molar-refractivity contribution in [2.24, 2.45) is 5.92 Å². The lowest BCUT2D eigenvalue weighted by molar-refractivity contribution is -0.156. The number of ether oxygens (including phenoxy) is 2. The Kier molecular flexibility index (Phi) is 3.05. The highest BCUT2D eigenvalue weighted by molar-refractivity contribution is 5.71. The van der Waals surface area contributed by atoms with Crippen molar-refractivity contribution in [3.05, 3.63) is 0 Å². The lowest BCUT2D eigenvalue weighted by Gasteiger charge is -2.14. The van der Waals surface area contributed by atoms with Crippen LogP contribution in [0.3, 0.4) is 0 Å². The van der Waals surface area contributed by atoms with Gasteiger partial charge in [-0.05, 0) is 0 Å². The van der Waals surface area contributed by atoms with Crippen molar-refractivity contribution in [3.8, 4) is 0 Å². The molecule has 4 nitrogen and oxygen atoms in total. The fourth-order valence-corrected chi connectivity index (χ4v) is 0.921. The zero-order chi connectivity index (χ0) is 9.14. The summed E-state index contributed by atoms with van der Waals surface area (Å²) in [5, 5.41) is 9.22. The first-order valence-corrected chi connectivity index (χ1v) is 4.07. The number of hydrogen-bond acceptors (Lipinski definition) is 4. The fraction of sp³-hybridized carbons (Fsp3) is 0.875. The summed E-state index contributed by atoms with van der Waals surface area (Å²) < 4.78 is 9.89. The van der Waals surface area contributed by atoms with Gasteiger partial charge in [-0.25, -0.2) is 0 Å². The predicted molar refractivity (Wildman–Crippen MR) is 41.5 cm³/mol. The number of carbonyl (C=O) groups is 1. The van der Waals surface area contributed by atoms with E-state index >= 15 is 0 Å². The van der Waals surface area contributed by atoms with Gasteiger partial charge >= 0.3 is 5.97 Å². The molecule has 0 bridgehead atoms. The third-order valence-electron chi connectivity index (χ3n) is 1.74. The van der Waals surface area contributed by atoms with Crippen LogP contribution in [0, 0.1) is 5.92 Å². The van der Waals surface area contributed by atoms with Gasteiger partial charge in [0.1, 0.15) is 6.10 Å². The molecule has 4 heteroatoms. The molecule has 0 aromatic carbocycles. The Morgan fingerprint density at radius 1 is 1.58 bits per heavy atom. The Bertz CT molecular complexity index is 166. The molecular weight excluding hydrogens is 160 g/mol. The van der Waals surface area contributed by atoms with Crippen LogP contribution in [-0.4, -0.2) is 36.5 Å². The first-order valence-electron chi connectivity index (χ1n) is 4.07. The summed E-state index contributed by atoms with van der Waals surface area (Å²) in [4.78, 5) is 11.1. The van der Waals surface area contributed by atoms with Gasteiger partial charge in [0.05, 0.1) is 19.1 Å². The molecule has 1 rings (SSSR count). The minimum absolute atomic E-state index is 0.155. The quantitative estimate of drug-likeness (QED) is 0.596. The Morgan fingerprint density at radius 3 is 2.67 bits per heavy atom. The number of carbonyl (C=O) groups excluding carboxylic acids is 1. The number of hydrogen-bond donors (Lipinski definition) is 1. The van der Waals surface area contributed by atoms with E-state index in [9.17, 15) is 9.90 Å². The molecule has 0 aromatic rings. The lowest BCUT2D eigenvalue weighted by Crippen LogP contribution is -2.31. The zero-order valence-corrected chi connectivity index (χ0v) is 7.32. The maximum absolute atomic E-state index is 11.1. The van der Waals surface area contributed by atoms with Gasteiger partial charge in [-0.3, -0.25) is 4.79 Å². The fourth-order valence-electron chi connectivity index (χ4n) is 0.921. The summed E-state index contributed by atoms with van der Waals surface area (Å²) in [6.07, 6.45) is -1.13. The summed E-state index contributed by atoms with van der Waals surface area (Å²) in [5.74, 6) is -0.442. The van der Waals surface area contributed by atoms with Gasteiger partial charge < -0.3 is 14.6 Å². The highest BCUT2D eigenvalue weighted by Gasteiger charge is 2.30. The third kappa shape index (κ3) is 2.19. The van der Waals surface area contributed by atoms with Crippen LogP contribution in [0.25, 0.3) is 0 Å². The molecule has 70 valence electrons. The molecular formula is C8H14O4. The van der Waals surface area contributed by atoms with Crippen molar-refractivity contribution < 1.29 is 19.4 Å². The molecule has 0 spiro atoms. The number of rotatable bonds is 2. The Morgan fingerprint density at radius 2 is 2.25 bits per heavy atom. The van der Waals surface area contributed by atoms with E-state index in [1.165, 1.54) is 0 Å². The van der Waals surface area contributed by atoms with Crippen molar-refractivity contribution in [2.45, 2.75) is 26.1 Å². The maximum Gasteiger partial charge on any atom is 0.308 e. The Hall–Kier alpha value is -0.610. The Labute approximate surface area is 71.5 Å². The van der Waals surface area contributed by atoms with E-state index in [1.807, 2.05) is 0 Å². The van der Waals surface area contributed by atoms with Gasteiger partial charge in [-0.2, -0.15) is 0 Å². The van der Waals surface area contributed by atoms with Crippen molar-refractivity contribution in [1.82, 2.24) is 0 Å². The van der Waals surface area contributed by atoms with Crippen LogP contribution >= 0.6 is 0 Å². The molecule has 2 atom stereocenters. The predicted octanol–water partition coefficient (Wildman–Crippen LogP) is -0.0547. The van der Waals surface area contributed by atoms with E-state index < -0.39 is 12.2 Å². The molecule has 0 amide bonds. The second-order valence-corrected chi connectivity index (χ2v) is 3.23. The van der Waals surface area contributed by atoms with Crippen molar-refractivity contribution in [2.75, 3.05) is 13.2 Å². The normalized spacial score (nSPS) is 29.3. The average Bonchev–Trinajstić information content (AvgIpc) is 2.36. The van der Waals surface area contributed by atoms with Crippen LogP contribution in [0.4, 0.5) is 0 Å². The molecule has 1 saturated heterocycles. The van der Waals surface area contributed by atoms with E-state index in [0.717, 1.165) is 0 Å². The average molecular weight is 174 g/mol. The van der Waals surface area contributed by atoms with Gasteiger partial charge in [0, 0.05) is 0 Å². The summed E-state index contributed by atoms with van der Waals surface area (Å²) in [7, 11) is 0. The van der Waals surface area contributed by atoms with Crippen LogP contribution < -0.4 is 0 Å². The molecule has 1 heterocycles. The first kappa shape index (κ1) is 9.48. The molecule has 1 aliphatic heterocycles. The third-order valence-corrected chi connectivity index (χ3v) is 1.74. The van der Waals surface area contributed by atoms with E-state index in [0.29, 0.717) is 6.61 Å². The number of esters is 1. The standard InChI is InChI=1S/C8H14O4/c1-5(2)8(10)12-7-4-11-3-6(7)9/h5-7,9H,3-4H2,1-2H3/t6-,7+/m0/s1. The second-order valence-electron chi connectivity index (χ2n) is 3.23. The molecule has 1 fully saturated rings. The van der Waals surface area contributed by atoms with Gasteiger partial charge in [0.2, 0.25) is 0 Å². The van der Waals surface area contributed by atoms with Crippen molar-refractivity contribution in [1.29, 1.82) is 0 Å². The lowest BCUT2D eigenvalue weighted by atomic mass is 10.2. The highest BCUT2D eigenvalue weighted by Crippen LogP contribution is 2.11. The summed E-state index contributed by atoms with van der Waals surface area (Å²) >= 11 is 0. The smallest absolute Gasteiger partial charge is 0.308 e. The maximum atomic E-state index is 11.1. The molecule has 0 unspecified atom stereocenters. The van der Waals surface area contributed by atoms with Crippen LogP contribution in [0.2, 0.25) is 0 Å². The molecule has 1 N–H and O–H groups in total. The number of aliphatic hydroxyl groups excluding tert-OH is 1. The van der Waals surface area contributed by atoms with Gasteiger partial charge in [-0.15, -0.1) is 0 Å². The SMILES string of the molecule is CC(C)C(=O)O[C@@H]1COC[C@@H]1O. The largest absolute Gasteiger partial charge is 0.457 e. The minimum atomic E-state index is -0.660. The van der Waals surface area contributed by atoms with Gasteiger partial charge in [-0.1, -0.05) is 13.8 Å². The van der Waals surface area contributed by atoms with Crippen LogP contribution in [0.1, 0.15) is 13.8 Å². The summed E-state index contributed by atoms with van der Waals surface area (Å²) in [6.45, 7) is 4.07. The minimum Gasteiger partial charge on any atom is -0.457 e. The van der Waals surface area contributed by atoms with Crippen LogP contribution in [-0.2, 0) is 14.3 Å². The topological polar surface area (TPSA) is 55.8 Å². The van der Waals surface area contributed by atoms with Crippen molar-refractivity contribution >= 4 is 5.97 Å². The van der Waals surface area contributed by atoms with Crippen LogP contribution in [0.5, 0.6) is 0 Å². The second kappa shape index (κ2) is 3.87. The van der Waals surface area contributed by atoms with E-state index in [1.54, 1.807) is 13.8 Å². The van der Waals surface area contributed by atoms with Gasteiger partial charge in [0.25, 0.3) is 0 Å². The molecule has 1 aliphatic rings. The summed E-state index contributed by atoms with van der Waals surface area (Å²) in [6, 6.07) is 0. The van der Waals surface area contributed by atoms with Crippen LogP contribution in [0.15, 0.2) is 0 Å². The van der Waals surface area contributed by atoms with E-state index in [2.05, 4.69) is 0 Å². The Balaban J connectivity index is 2.35. The summed E-state index contributed by atoms with van der Waals surface area (Å²) in [5.41, 5.74) is 0. The first-order chi connectivity index (χ1) is 5.61. The van der Waals surface area contributed by atoms with Gasteiger partial charge in [0.15, 0.2) is 6.10 Å². The molecule has 0 aliphatic carbocycles. The highest BCUT2D eigenvalue weighted by atomic mass is 16.6. The van der Waals surface area contributed by atoms with E-state index in [-0.39, 0.29) is 18.5 Å². The zero-order valence-electron chi connectivity index (χ0n) is 7.32. The van der Waals surface area contributed by atoms with Crippen molar-refractivity contribution in [3.63, 3.8) is 0 Å². The number of aliphatic hydroxyl groups is 1. The monoisotopic (exact) mass is 174 g/mol.